The van der Waals surface area contributed by atoms with E-state index in [1.807, 2.05) is 0 Å². The molecule has 0 spiro atoms. The molecule has 0 aliphatic rings. The Hall–Kier alpha value is -0.240. The first-order chi connectivity index (χ1) is 7.81. The summed E-state index contributed by atoms with van der Waals surface area (Å²) < 4.78 is 24.6. The minimum atomic E-state index is -1.19. The first kappa shape index (κ1) is 15.8. The number of methoxy groups -OCH3 is 2. The summed E-state index contributed by atoms with van der Waals surface area (Å²) in [5, 5.41) is 9.19. The van der Waals surface area contributed by atoms with Crippen LogP contribution < -0.4 is 0 Å². The summed E-state index contributed by atoms with van der Waals surface area (Å²) in [5.74, 6) is 0. The lowest BCUT2D eigenvalue weighted by molar-refractivity contribution is -0.267. The molecule has 0 rings (SSSR count). The predicted molar refractivity (Wildman–Crippen MR) is 57.1 cm³/mol. The zero-order valence-corrected chi connectivity index (χ0v) is 10.0. The van der Waals surface area contributed by atoms with Crippen LogP contribution >= 0.6 is 0 Å². The van der Waals surface area contributed by atoms with Gasteiger partial charge in [-0.1, -0.05) is 0 Å². The Morgan fingerprint density at radius 3 is 2.12 bits per heavy atom. The molecule has 0 aliphatic heterocycles. The molecule has 1 atom stereocenters. The topological polar surface area (TPSA) is 66.4 Å². The molecular formula is C10H22O6. The summed E-state index contributed by atoms with van der Waals surface area (Å²) in [5.41, 5.74) is 0. The monoisotopic (exact) mass is 238 g/mol. The number of hydrogen-bond donors (Lipinski definition) is 1. The van der Waals surface area contributed by atoms with E-state index in [1.54, 1.807) is 14.2 Å². The zero-order chi connectivity index (χ0) is 12.1. The van der Waals surface area contributed by atoms with Crippen LogP contribution in [-0.2, 0) is 23.7 Å². The second kappa shape index (κ2) is 12.8. The van der Waals surface area contributed by atoms with Crippen molar-refractivity contribution in [2.75, 3.05) is 53.9 Å². The van der Waals surface area contributed by atoms with Crippen molar-refractivity contribution in [2.24, 2.45) is 0 Å². The first-order valence-electron chi connectivity index (χ1n) is 5.28. The number of ether oxygens (including phenoxy) is 5. The van der Waals surface area contributed by atoms with Crippen LogP contribution in [0.3, 0.4) is 0 Å². The molecule has 6 nitrogen and oxygen atoms in total. The number of aliphatic hydroxyl groups excluding tert-OH is 1. The van der Waals surface area contributed by atoms with Crippen LogP contribution in [0, 0.1) is 0 Å². The van der Waals surface area contributed by atoms with Gasteiger partial charge in [0.1, 0.15) is 0 Å². The number of rotatable bonds is 12. The maximum atomic E-state index is 9.19. The SMILES string of the molecule is COCCCOC(O)OCCOCCOC. The molecule has 0 fully saturated rings. The smallest absolute Gasteiger partial charge is 0.269 e. The molecule has 0 saturated heterocycles. The van der Waals surface area contributed by atoms with E-state index in [-0.39, 0.29) is 6.61 Å². The van der Waals surface area contributed by atoms with Crippen LogP contribution in [0.25, 0.3) is 0 Å². The average molecular weight is 238 g/mol. The van der Waals surface area contributed by atoms with Crippen molar-refractivity contribution in [2.45, 2.75) is 12.9 Å². The third-order valence-corrected chi connectivity index (χ3v) is 1.67. The number of aliphatic hydroxyl groups is 1. The van der Waals surface area contributed by atoms with Gasteiger partial charge in [-0.3, -0.25) is 0 Å². The van der Waals surface area contributed by atoms with E-state index in [1.165, 1.54) is 0 Å². The molecule has 0 aromatic rings. The third-order valence-electron chi connectivity index (χ3n) is 1.67. The van der Waals surface area contributed by atoms with Crippen molar-refractivity contribution in [1.29, 1.82) is 0 Å². The summed E-state index contributed by atoms with van der Waals surface area (Å²) in [7, 11) is 3.22. The minimum Gasteiger partial charge on any atom is -0.385 e. The quantitative estimate of drug-likeness (QED) is 0.381. The number of hydrogen-bond acceptors (Lipinski definition) is 6. The predicted octanol–water partition coefficient (Wildman–Crippen LogP) is -0.00500. The summed E-state index contributed by atoms with van der Waals surface area (Å²) in [6.45, 7) is 1.58. The Labute approximate surface area is 96.4 Å². The van der Waals surface area contributed by atoms with Crippen LogP contribution in [0.15, 0.2) is 0 Å². The molecule has 98 valence electrons. The molecule has 0 amide bonds. The molecule has 0 aromatic carbocycles. The second-order valence-electron chi connectivity index (χ2n) is 3.00. The Morgan fingerprint density at radius 2 is 1.44 bits per heavy atom. The fourth-order valence-electron chi connectivity index (χ4n) is 0.888. The lowest BCUT2D eigenvalue weighted by atomic mass is 10.5. The van der Waals surface area contributed by atoms with Crippen molar-refractivity contribution in [3.05, 3.63) is 0 Å². The van der Waals surface area contributed by atoms with E-state index in [0.29, 0.717) is 33.0 Å². The van der Waals surface area contributed by atoms with Gasteiger partial charge in [-0.15, -0.1) is 0 Å². The van der Waals surface area contributed by atoms with E-state index < -0.39 is 6.48 Å². The summed E-state index contributed by atoms with van der Waals surface area (Å²) in [6, 6.07) is 0. The minimum absolute atomic E-state index is 0.287. The fraction of sp³-hybridized carbons (Fsp3) is 1.00. The van der Waals surface area contributed by atoms with Crippen LogP contribution in [0.1, 0.15) is 6.42 Å². The third kappa shape index (κ3) is 11.8. The molecule has 0 heterocycles. The molecular weight excluding hydrogens is 216 g/mol. The van der Waals surface area contributed by atoms with Crippen molar-refractivity contribution in [1.82, 2.24) is 0 Å². The van der Waals surface area contributed by atoms with Gasteiger partial charge in [0.2, 0.25) is 0 Å². The van der Waals surface area contributed by atoms with E-state index in [0.717, 1.165) is 6.42 Å². The highest BCUT2D eigenvalue weighted by molar-refractivity contribution is 4.34. The standard InChI is InChI=1S/C10H22O6/c1-12-4-3-5-15-10(11)16-9-8-14-7-6-13-2/h10-11H,3-9H2,1-2H3. The molecule has 1 N–H and O–H groups in total. The van der Waals surface area contributed by atoms with Gasteiger partial charge in [-0.05, 0) is 6.42 Å². The largest absolute Gasteiger partial charge is 0.385 e. The van der Waals surface area contributed by atoms with Gasteiger partial charge >= 0.3 is 0 Å². The normalized spacial score (nSPS) is 12.9. The van der Waals surface area contributed by atoms with Crippen LogP contribution in [0.2, 0.25) is 0 Å². The van der Waals surface area contributed by atoms with Gasteiger partial charge in [0.15, 0.2) is 0 Å². The lowest BCUT2D eigenvalue weighted by Gasteiger charge is -2.12. The molecule has 0 saturated carbocycles. The molecule has 0 bridgehead atoms. The van der Waals surface area contributed by atoms with Crippen LogP contribution in [0.5, 0.6) is 0 Å². The van der Waals surface area contributed by atoms with E-state index in [9.17, 15) is 5.11 Å². The van der Waals surface area contributed by atoms with Crippen molar-refractivity contribution in [3.8, 4) is 0 Å². The Bertz CT molecular complexity index is 132. The highest BCUT2D eigenvalue weighted by Gasteiger charge is 2.02. The zero-order valence-electron chi connectivity index (χ0n) is 10.0. The maximum Gasteiger partial charge on any atom is 0.269 e. The van der Waals surface area contributed by atoms with Gasteiger partial charge in [-0.25, -0.2) is 0 Å². The molecule has 0 radical (unpaired) electrons. The second-order valence-corrected chi connectivity index (χ2v) is 3.00. The first-order valence-corrected chi connectivity index (χ1v) is 5.28. The Morgan fingerprint density at radius 1 is 0.812 bits per heavy atom. The van der Waals surface area contributed by atoms with Gasteiger partial charge < -0.3 is 28.8 Å². The average Bonchev–Trinajstić information content (AvgIpc) is 2.29. The summed E-state index contributed by atoms with van der Waals surface area (Å²) in [6.07, 6.45) is 0.723. The molecule has 1 unspecified atom stereocenters. The fourth-order valence-corrected chi connectivity index (χ4v) is 0.888. The molecule has 0 aliphatic carbocycles. The van der Waals surface area contributed by atoms with E-state index in [2.05, 4.69) is 0 Å². The molecule has 16 heavy (non-hydrogen) atoms. The van der Waals surface area contributed by atoms with Gasteiger partial charge in [0.25, 0.3) is 6.48 Å². The van der Waals surface area contributed by atoms with Crippen molar-refractivity contribution in [3.63, 3.8) is 0 Å². The van der Waals surface area contributed by atoms with Crippen molar-refractivity contribution < 1.29 is 28.8 Å². The Balaban J connectivity index is 3.08. The van der Waals surface area contributed by atoms with E-state index in [4.69, 9.17) is 23.7 Å². The van der Waals surface area contributed by atoms with Crippen LogP contribution in [0.4, 0.5) is 0 Å². The van der Waals surface area contributed by atoms with E-state index >= 15 is 0 Å². The summed E-state index contributed by atoms with van der Waals surface area (Å²) >= 11 is 0. The van der Waals surface area contributed by atoms with Gasteiger partial charge in [0.05, 0.1) is 33.0 Å². The maximum absolute atomic E-state index is 9.19. The molecule has 0 aromatic heterocycles. The van der Waals surface area contributed by atoms with Gasteiger partial charge in [-0.2, -0.15) is 0 Å². The van der Waals surface area contributed by atoms with Crippen LogP contribution in [-0.4, -0.2) is 65.4 Å². The summed E-state index contributed by atoms with van der Waals surface area (Å²) in [4.78, 5) is 0. The molecule has 6 heteroatoms. The van der Waals surface area contributed by atoms with Gasteiger partial charge in [0, 0.05) is 20.8 Å². The lowest BCUT2D eigenvalue weighted by Crippen LogP contribution is -2.20. The Kier molecular flexibility index (Phi) is 12.6. The highest BCUT2D eigenvalue weighted by Crippen LogP contribution is 1.92. The highest BCUT2D eigenvalue weighted by atomic mass is 16.8. The van der Waals surface area contributed by atoms with Crippen molar-refractivity contribution >= 4 is 0 Å².